The van der Waals surface area contributed by atoms with Crippen LogP contribution in [0.15, 0.2) is 47.5 Å². The third-order valence-corrected chi connectivity index (χ3v) is 6.94. The van der Waals surface area contributed by atoms with E-state index < -0.39 is 5.91 Å². The summed E-state index contributed by atoms with van der Waals surface area (Å²) in [6, 6.07) is 12.7. The van der Waals surface area contributed by atoms with Crippen LogP contribution >= 0.6 is 11.3 Å². The first kappa shape index (κ1) is 23.0. The number of methoxy groups -OCH3 is 2. The van der Waals surface area contributed by atoms with E-state index in [-0.39, 0.29) is 12.5 Å². The van der Waals surface area contributed by atoms with Crippen LogP contribution in [-0.2, 0) is 11.3 Å². The maximum atomic E-state index is 13.1. The maximum Gasteiger partial charge on any atom is 0.279 e. The van der Waals surface area contributed by atoms with Crippen molar-refractivity contribution in [1.82, 2.24) is 14.4 Å². The summed E-state index contributed by atoms with van der Waals surface area (Å²) in [6.45, 7) is 6.47. The fraction of sp³-hybridized carbons (Fsp3) is 0.375. The maximum absolute atomic E-state index is 13.1. The molecule has 0 bridgehead atoms. The van der Waals surface area contributed by atoms with Crippen molar-refractivity contribution >= 4 is 33.4 Å². The molecule has 0 saturated carbocycles. The van der Waals surface area contributed by atoms with Crippen LogP contribution in [0.2, 0.25) is 0 Å². The van der Waals surface area contributed by atoms with Gasteiger partial charge in [0.05, 0.1) is 24.4 Å². The molecule has 9 heteroatoms. The zero-order chi connectivity index (χ0) is 23.4. The molecule has 2 amide bonds. The lowest BCUT2D eigenvalue weighted by molar-refractivity contribution is -0.133. The van der Waals surface area contributed by atoms with Crippen LogP contribution in [0.25, 0.3) is 10.2 Å². The summed E-state index contributed by atoms with van der Waals surface area (Å²) in [5.74, 6) is 0.637. The normalized spacial score (nSPS) is 15.1. The molecule has 1 saturated heterocycles. The number of carbonyl (C=O) groups excluding carboxylic acids is 2. The third kappa shape index (κ3) is 4.94. The van der Waals surface area contributed by atoms with Crippen molar-refractivity contribution < 1.29 is 19.1 Å². The summed E-state index contributed by atoms with van der Waals surface area (Å²) in [5, 5.41) is 0. The number of thiazole rings is 1. The largest absolute Gasteiger partial charge is 0.493 e. The highest BCUT2D eigenvalue weighted by molar-refractivity contribution is 7.16. The van der Waals surface area contributed by atoms with Gasteiger partial charge in [0.2, 0.25) is 5.91 Å². The Morgan fingerprint density at radius 3 is 2.42 bits per heavy atom. The van der Waals surface area contributed by atoms with E-state index in [2.05, 4.69) is 16.8 Å². The van der Waals surface area contributed by atoms with Gasteiger partial charge in [0.15, 0.2) is 16.3 Å². The molecule has 0 N–H and O–H groups in total. The smallest absolute Gasteiger partial charge is 0.279 e. The van der Waals surface area contributed by atoms with Crippen molar-refractivity contribution in [1.29, 1.82) is 0 Å². The minimum Gasteiger partial charge on any atom is -0.493 e. The summed E-state index contributed by atoms with van der Waals surface area (Å²) >= 11 is 1.40. The van der Waals surface area contributed by atoms with E-state index in [9.17, 15) is 9.59 Å². The van der Waals surface area contributed by atoms with Crippen molar-refractivity contribution in [3.63, 3.8) is 0 Å². The molecule has 1 aliphatic heterocycles. The highest BCUT2D eigenvalue weighted by Gasteiger charge is 2.21. The SMILES string of the molecule is CCN1CCN(C(=O)Cn2c(=NC(=O)c3ccc(OC)c(OC)c3)sc3ccccc32)CC1. The van der Waals surface area contributed by atoms with Gasteiger partial charge in [-0.15, -0.1) is 0 Å². The quantitative estimate of drug-likeness (QED) is 0.556. The second-order valence-corrected chi connectivity index (χ2v) is 8.75. The highest BCUT2D eigenvalue weighted by atomic mass is 32.1. The van der Waals surface area contributed by atoms with E-state index in [1.165, 1.54) is 18.4 Å². The van der Waals surface area contributed by atoms with Gasteiger partial charge in [-0.05, 0) is 36.9 Å². The standard InChI is InChI=1S/C24H28N4O4S/c1-4-26-11-13-27(14-12-26)22(29)16-28-18-7-5-6-8-21(18)33-24(28)25-23(30)17-9-10-19(31-2)20(15-17)32-3/h5-10,15H,4,11-14,16H2,1-3H3. The molecule has 0 unspecified atom stereocenters. The summed E-state index contributed by atoms with van der Waals surface area (Å²) in [6.07, 6.45) is 0. The molecule has 174 valence electrons. The lowest BCUT2D eigenvalue weighted by Gasteiger charge is -2.34. The predicted molar refractivity (Wildman–Crippen MR) is 128 cm³/mol. The lowest BCUT2D eigenvalue weighted by Crippen LogP contribution is -2.49. The number of fused-ring (bicyclic) bond motifs is 1. The van der Waals surface area contributed by atoms with Crippen LogP contribution in [0.3, 0.4) is 0 Å². The lowest BCUT2D eigenvalue weighted by atomic mass is 10.2. The topological polar surface area (TPSA) is 76.4 Å². The Morgan fingerprint density at radius 1 is 1.00 bits per heavy atom. The molecule has 0 spiro atoms. The Hall–Kier alpha value is -3.17. The van der Waals surface area contributed by atoms with Crippen LogP contribution in [0.1, 0.15) is 17.3 Å². The number of likely N-dealkylation sites (N-methyl/N-ethyl adjacent to an activating group) is 1. The molecule has 1 fully saturated rings. The monoisotopic (exact) mass is 468 g/mol. The molecular formula is C24H28N4O4S. The average Bonchev–Trinajstić information content (AvgIpc) is 3.20. The molecule has 1 aliphatic rings. The second kappa shape index (κ2) is 10.2. The first-order chi connectivity index (χ1) is 16.0. The number of carbonyl (C=O) groups is 2. The average molecular weight is 469 g/mol. The summed E-state index contributed by atoms with van der Waals surface area (Å²) in [5.41, 5.74) is 1.28. The van der Waals surface area contributed by atoms with Crippen molar-refractivity contribution in [3.8, 4) is 11.5 Å². The number of rotatable bonds is 6. The molecule has 4 rings (SSSR count). The number of para-hydroxylation sites is 1. The van der Waals surface area contributed by atoms with E-state index in [0.29, 0.717) is 35.0 Å². The Labute approximate surface area is 196 Å². The van der Waals surface area contributed by atoms with Crippen LogP contribution < -0.4 is 14.3 Å². The molecule has 33 heavy (non-hydrogen) atoms. The van der Waals surface area contributed by atoms with Gasteiger partial charge < -0.3 is 23.8 Å². The number of amides is 2. The van der Waals surface area contributed by atoms with Gasteiger partial charge in [-0.25, -0.2) is 0 Å². The number of hydrogen-bond donors (Lipinski definition) is 0. The minimum absolute atomic E-state index is 0.0364. The summed E-state index contributed by atoms with van der Waals surface area (Å²) in [4.78, 5) is 35.2. The van der Waals surface area contributed by atoms with E-state index in [1.807, 2.05) is 33.7 Å². The number of hydrogen-bond acceptors (Lipinski definition) is 6. The van der Waals surface area contributed by atoms with Crippen LogP contribution in [0.5, 0.6) is 11.5 Å². The first-order valence-electron chi connectivity index (χ1n) is 10.9. The first-order valence-corrected chi connectivity index (χ1v) is 11.7. The molecule has 8 nitrogen and oxygen atoms in total. The predicted octanol–water partition coefficient (Wildman–Crippen LogP) is 2.63. The Kier molecular flexibility index (Phi) is 7.10. The molecule has 2 aromatic carbocycles. The van der Waals surface area contributed by atoms with Crippen LogP contribution in [0, 0.1) is 0 Å². The number of ether oxygens (including phenoxy) is 2. The van der Waals surface area contributed by atoms with Gasteiger partial charge >= 0.3 is 0 Å². The number of aromatic nitrogens is 1. The minimum atomic E-state index is -0.403. The number of nitrogens with zero attached hydrogens (tertiary/aromatic N) is 4. The number of piperazine rings is 1. The van der Waals surface area contributed by atoms with E-state index in [4.69, 9.17) is 9.47 Å². The molecule has 3 aromatic rings. The van der Waals surface area contributed by atoms with E-state index in [1.54, 1.807) is 25.3 Å². The highest BCUT2D eigenvalue weighted by Crippen LogP contribution is 2.28. The molecule has 0 atom stereocenters. The molecular weight excluding hydrogens is 440 g/mol. The van der Waals surface area contributed by atoms with Crippen LogP contribution in [0.4, 0.5) is 0 Å². The van der Waals surface area contributed by atoms with Crippen molar-refractivity contribution in [2.24, 2.45) is 4.99 Å². The molecule has 1 aromatic heterocycles. The van der Waals surface area contributed by atoms with Gasteiger partial charge in [-0.2, -0.15) is 4.99 Å². The molecule has 2 heterocycles. The zero-order valence-electron chi connectivity index (χ0n) is 19.1. The zero-order valence-corrected chi connectivity index (χ0v) is 19.9. The Bertz CT molecular complexity index is 1220. The summed E-state index contributed by atoms with van der Waals surface area (Å²) in [7, 11) is 3.07. The van der Waals surface area contributed by atoms with Gasteiger partial charge in [0.1, 0.15) is 6.54 Å². The van der Waals surface area contributed by atoms with Gasteiger partial charge in [-0.1, -0.05) is 30.4 Å². The van der Waals surface area contributed by atoms with Gasteiger partial charge in [0, 0.05) is 31.7 Å². The van der Waals surface area contributed by atoms with Gasteiger partial charge in [-0.3, -0.25) is 9.59 Å². The fourth-order valence-electron chi connectivity index (χ4n) is 3.93. The number of benzene rings is 2. The Morgan fingerprint density at radius 2 is 1.73 bits per heavy atom. The summed E-state index contributed by atoms with van der Waals surface area (Å²) < 4.78 is 13.4. The van der Waals surface area contributed by atoms with Crippen molar-refractivity contribution in [2.45, 2.75) is 13.5 Å². The van der Waals surface area contributed by atoms with E-state index in [0.717, 1.165) is 29.9 Å². The fourth-order valence-corrected chi connectivity index (χ4v) is 4.96. The van der Waals surface area contributed by atoms with Crippen molar-refractivity contribution in [3.05, 3.63) is 52.8 Å². The van der Waals surface area contributed by atoms with E-state index >= 15 is 0 Å². The molecule has 0 aliphatic carbocycles. The second-order valence-electron chi connectivity index (χ2n) is 7.74. The van der Waals surface area contributed by atoms with Crippen molar-refractivity contribution in [2.75, 3.05) is 46.9 Å². The molecule has 0 radical (unpaired) electrons. The Balaban J connectivity index is 1.66. The third-order valence-electron chi connectivity index (χ3n) is 5.88. The van der Waals surface area contributed by atoms with Crippen LogP contribution in [-0.4, -0.2) is 73.1 Å². The van der Waals surface area contributed by atoms with Gasteiger partial charge in [0.25, 0.3) is 5.91 Å².